The number of carbonyl (C=O) groups is 1. The van der Waals surface area contributed by atoms with E-state index in [4.69, 9.17) is 22.1 Å². The molecule has 1 aromatic rings. The number of alkyl carbamates (subject to hydrolysis) is 1. The smallest absolute Gasteiger partial charge is 0.408 e. The van der Waals surface area contributed by atoms with E-state index >= 15 is 0 Å². The van der Waals surface area contributed by atoms with Crippen molar-refractivity contribution >= 4 is 17.7 Å². The number of ether oxygens (including phenoxy) is 1. The first-order valence-electron chi connectivity index (χ1n) is 5.74. The number of aromatic nitrogens is 1. The number of nitrogens with zero attached hydrogens (tertiary/aromatic N) is 1. The summed E-state index contributed by atoms with van der Waals surface area (Å²) < 4.78 is 18.7. The molecule has 0 aromatic carbocycles. The van der Waals surface area contributed by atoms with Crippen LogP contribution in [0.3, 0.4) is 0 Å². The number of carbonyl (C=O) groups excluding carboxylic acids is 1. The van der Waals surface area contributed by atoms with Crippen molar-refractivity contribution in [1.29, 1.82) is 0 Å². The first-order valence-corrected chi connectivity index (χ1v) is 6.12. The van der Waals surface area contributed by atoms with Crippen LogP contribution in [0.4, 0.5) is 9.18 Å². The van der Waals surface area contributed by atoms with Crippen LogP contribution in [0, 0.1) is 5.95 Å². The Morgan fingerprint density at radius 3 is 2.74 bits per heavy atom. The van der Waals surface area contributed by atoms with E-state index in [1.54, 1.807) is 20.8 Å². The van der Waals surface area contributed by atoms with E-state index in [9.17, 15) is 9.18 Å². The molecule has 0 saturated heterocycles. The van der Waals surface area contributed by atoms with Crippen molar-refractivity contribution in [2.45, 2.75) is 32.4 Å². The zero-order valence-corrected chi connectivity index (χ0v) is 11.8. The van der Waals surface area contributed by atoms with Crippen LogP contribution in [0.5, 0.6) is 0 Å². The van der Waals surface area contributed by atoms with E-state index in [0.29, 0.717) is 0 Å². The van der Waals surface area contributed by atoms with Crippen molar-refractivity contribution in [3.05, 3.63) is 28.8 Å². The average molecular weight is 290 g/mol. The molecular weight excluding hydrogens is 273 g/mol. The highest BCUT2D eigenvalue weighted by Crippen LogP contribution is 2.24. The molecule has 1 aromatic heterocycles. The highest BCUT2D eigenvalue weighted by Gasteiger charge is 2.23. The lowest BCUT2D eigenvalue weighted by Gasteiger charge is -2.23. The van der Waals surface area contributed by atoms with Crippen LogP contribution in [0.15, 0.2) is 12.3 Å². The molecule has 1 rings (SSSR count). The second-order valence-corrected chi connectivity index (χ2v) is 5.34. The SMILES string of the molecule is CC(C)(C)OC(=O)NC(CN)c1c(Cl)ccnc1F. The predicted molar refractivity (Wildman–Crippen MR) is 70.4 cm³/mol. The normalized spacial score (nSPS) is 12.9. The molecule has 1 atom stereocenters. The number of nitrogens with one attached hydrogen (secondary N) is 1. The van der Waals surface area contributed by atoms with E-state index in [1.165, 1.54) is 12.3 Å². The lowest BCUT2D eigenvalue weighted by molar-refractivity contribution is 0.0504. The van der Waals surface area contributed by atoms with Gasteiger partial charge in [0.2, 0.25) is 5.95 Å². The molecule has 7 heteroatoms. The Balaban J connectivity index is 2.87. The third kappa shape index (κ3) is 4.65. The van der Waals surface area contributed by atoms with Gasteiger partial charge in [-0.25, -0.2) is 9.78 Å². The van der Waals surface area contributed by atoms with Gasteiger partial charge in [0.05, 0.1) is 11.1 Å². The Labute approximate surface area is 116 Å². The van der Waals surface area contributed by atoms with Gasteiger partial charge in [-0.1, -0.05) is 11.6 Å². The van der Waals surface area contributed by atoms with Gasteiger partial charge in [-0.15, -0.1) is 0 Å². The lowest BCUT2D eigenvalue weighted by Crippen LogP contribution is -2.38. The molecule has 1 heterocycles. The number of pyridine rings is 1. The topological polar surface area (TPSA) is 77.2 Å². The molecule has 0 spiro atoms. The molecule has 19 heavy (non-hydrogen) atoms. The first-order chi connectivity index (χ1) is 8.74. The average Bonchev–Trinajstić information content (AvgIpc) is 2.24. The highest BCUT2D eigenvalue weighted by molar-refractivity contribution is 6.31. The first kappa shape index (κ1) is 15.7. The number of halogens is 2. The third-order valence-electron chi connectivity index (χ3n) is 2.16. The third-order valence-corrected chi connectivity index (χ3v) is 2.49. The van der Waals surface area contributed by atoms with Crippen molar-refractivity contribution < 1.29 is 13.9 Å². The van der Waals surface area contributed by atoms with E-state index in [2.05, 4.69) is 10.3 Å². The van der Waals surface area contributed by atoms with Gasteiger partial charge in [0, 0.05) is 18.3 Å². The monoisotopic (exact) mass is 289 g/mol. The van der Waals surface area contributed by atoms with Gasteiger partial charge in [-0.3, -0.25) is 0 Å². The second kappa shape index (κ2) is 6.16. The number of hydrogen-bond donors (Lipinski definition) is 2. The molecule has 0 saturated carbocycles. The van der Waals surface area contributed by atoms with Gasteiger partial charge < -0.3 is 15.8 Å². The van der Waals surface area contributed by atoms with Crippen molar-refractivity contribution in [2.75, 3.05) is 6.54 Å². The van der Waals surface area contributed by atoms with Crippen LogP contribution < -0.4 is 11.1 Å². The van der Waals surface area contributed by atoms with Crippen LogP contribution in [0.25, 0.3) is 0 Å². The quantitative estimate of drug-likeness (QED) is 0.838. The van der Waals surface area contributed by atoms with E-state index in [-0.39, 0.29) is 17.1 Å². The summed E-state index contributed by atoms with van der Waals surface area (Å²) in [5.74, 6) is -0.765. The van der Waals surface area contributed by atoms with Gasteiger partial charge >= 0.3 is 6.09 Å². The Bertz CT molecular complexity index is 443. The van der Waals surface area contributed by atoms with Crippen molar-refractivity contribution in [2.24, 2.45) is 5.73 Å². The molecule has 0 aliphatic rings. The Morgan fingerprint density at radius 1 is 1.63 bits per heavy atom. The summed E-state index contributed by atoms with van der Waals surface area (Å²) in [5.41, 5.74) is 4.93. The summed E-state index contributed by atoms with van der Waals surface area (Å²) in [6.45, 7) is 5.15. The maximum absolute atomic E-state index is 13.6. The standard InChI is InChI=1S/C12H17ClFN3O2/c1-12(2,3)19-11(18)17-8(6-15)9-7(13)4-5-16-10(9)14/h4-5,8H,6,15H2,1-3H3,(H,17,18). The van der Waals surface area contributed by atoms with E-state index in [1.807, 2.05) is 0 Å². The molecule has 106 valence electrons. The zero-order valence-electron chi connectivity index (χ0n) is 11.0. The van der Waals surface area contributed by atoms with Crippen LogP contribution in [-0.2, 0) is 4.74 Å². The maximum atomic E-state index is 13.6. The predicted octanol–water partition coefficient (Wildman–Crippen LogP) is 2.40. The number of nitrogens with two attached hydrogens (primary N) is 1. The lowest BCUT2D eigenvalue weighted by atomic mass is 10.1. The van der Waals surface area contributed by atoms with Crippen LogP contribution >= 0.6 is 11.6 Å². The number of hydrogen-bond acceptors (Lipinski definition) is 4. The molecular formula is C12H17ClFN3O2. The number of rotatable bonds is 3. The molecule has 0 aliphatic carbocycles. The molecule has 0 fully saturated rings. The second-order valence-electron chi connectivity index (χ2n) is 4.93. The van der Waals surface area contributed by atoms with Gasteiger partial charge in [-0.2, -0.15) is 4.39 Å². The number of amides is 1. The Kier molecular flexibility index (Phi) is 5.08. The molecule has 1 amide bonds. The molecule has 3 N–H and O–H groups in total. The molecule has 0 aliphatic heterocycles. The van der Waals surface area contributed by atoms with E-state index < -0.39 is 23.7 Å². The minimum absolute atomic E-state index is 0.0262. The summed E-state index contributed by atoms with van der Waals surface area (Å²) in [4.78, 5) is 15.1. The summed E-state index contributed by atoms with van der Waals surface area (Å²) >= 11 is 5.89. The molecule has 0 radical (unpaired) electrons. The van der Waals surface area contributed by atoms with Crippen molar-refractivity contribution in [3.8, 4) is 0 Å². The molecule has 5 nitrogen and oxygen atoms in total. The molecule has 0 bridgehead atoms. The van der Waals surface area contributed by atoms with Crippen LogP contribution in [-0.4, -0.2) is 23.2 Å². The van der Waals surface area contributed by atoms with Crippen LogP contribution in [0.2, 0.25) is 5.02 Å². The minimum Gasteiger partial charge on any atom is -0.444 e. The highest BCUT2D eigenvalue weighted by atomic mass is 35.5. The Morgan fingerprint density at radius 2 is 2.26 bits per heavy atom. The summed E-state index contributed by atoms with van der Waals surface area (Å²) in [6.07, 6.45) is 0.546. The fraction of sp³-hybridized carbons (Fsp3) is 0.500. The van der Waals surface area contributed by atoms with Crippen molar-refractivity contribution in [1.82, 2.24) is 10.3 Å². The van der Waals surface area contributed by atoms with Crippen molar-refractivity contribution in [3.63, 3.8) is 0 Å². The van der Waals surface area contributed by atoms with Crippen LogP contribution in [0.1, 0.15) is 32.4 Å². The minimum atomic E-state index is -0.795. The van der Waals surface area contributed by atoms with Gasteiger partial charge in [0.1, 0.15) is 5.60 Å². The summed E-state index contributed by atoms with van der Waals surface area (Å²) in [5, 5.41) is 2.62. The molecule has 1 unspecified atom stereocenters. The van der Waals surface area contributed by atoms with E-state index in [0.717, 1.165) is 0 Å². The summed E-state index contributed by atoms with van der Waals surface area (Å²) in [7, 11) is 0. The van der Waals surface area contributed by atoms with Gasteiger partial charge in [0.15, 0.2) is 0 Å². The zero-order chi connectivity index (χ0) is 14.6. The summed E-state index contributed by atoms with van der Waals surface area (Å²) in [6, 6.07) is 0.635. The fourth-order valence-electron chi connectivity index (χ4n) is 1.43. The van der Waals surface area contributed by atoms with Gasteiger partial charge in [0.25, 0.3) is 0 Å². The Hall–Kier alpha value is -1.40. The maximum Gasteiger partial charge on any atom is 0.408 e. The fourth-order valence-corrected chi connectivity index (χ4v) is 1.70. The largest absolute Gasteiger partial charge is 0.444 e. The van der Waals surface area contributed by atoms with Gasteiger partial charge in [-0.05, 0) is 26.8 Å².